The highest BCUT2D eigenvalue weighted by molar-refractivity contribution is 6.18. The van der Waals surface area contributed by atoms with Gasteiger partial charge >= 0.3 is 0 Å². The van der Waals surface area contributed by atoms with Crippen molar-refractivity contribution in [1.29, 1.82) is 0 Å². The standard InChI is InChI=1S/C58H37NO/c1-2-10-38(11-3-1)39-18-20-43(21-19-39)52-34-35-55(57-53-16-8-9-17-56(53)60-58(52)57)59(48-32-33-51-46(36-48)27-25-41-12-4-6-14-49(41)51)47-30-28-40(29-31-47)45-26-24-44-23-22-42-13-5-7-15-50(42)54(44)37-45/h1-37H. The van der Waals surface area contributed by atoms with Crippen LogP contribution in [0, 0.1) is 0 Å². The molecule has 0 spiro atoms. The Kier molecular flexibility index (Phi) is 7.89. The molecule has 0 atom stereocenters. The predicted octanol–water partition coefficient (Wildman–Crippen LogP) is 16.7. The first-order valence-electron chi connectivity index (χ1n) is 20.6. The quantitative estimate of drug-likeness (QED) is 0.157. The number of nitrogens with zero attached hydrogens (tertiary/aromatic N) is 1. The van der Waals surface area contributed by atoms with Gasteiger partial charge in [0.15, 0.2) is 0 Å². The minimum atomic E-state index is 0.867. The second-order valence-electron chi connectivity index (χ2n) is 15.7. The molecule has 0 saturated carbocycles. The molecule has 0 bridgehead atoms. The van der Waals surface area contributed by atoms with Crippen molar-refractivity contribution in [2.24, 2.45) is 0 Å². The molecule has 0 N–H and O–H groups in total. The average molecular weight is 764 g/mol. The van der Waals surface area contributed by atoms with Crippen molar-refractivity contribution in [3.8, 4) is 33.4 Å². The zero-order chi connectivity index (χ0) is 39.6. The molecule has 11 aromatic carbocycles. The smallest absolute Gasteiger partial charge is 0.145 e. The first-order valence-corrected chi connectivity index (χ1v) is 20.6. The van der Waals surface area contributed by atoms with E-state index in [1.807, 2.05) is 0 Å². The Labute approximate surface area is 347 Å². The van der Waals surface area contributed by atoms with Crippen LogP contribution in [-0.2, 0) is 0 Å². The van der Waals surface area contributed by atoms with Crippen molar-refractivity contribution in [2.75, 3.05) is 4.90 Å². The molecule has 2 heteroatoms. The van der Waals surface area contributed by atoms with Gasteiger partial charge in [0.05, 0.1) is 11.1 Å². The molecule has 0 radical (unpaired) electrons. The lowest BCUT2D eigenvalue weighted by Gasteiger charge is -2.27. The molecule has 0 aliphatic heterocycles. The molecular weight excluding hydrogens is 727 g/mol. The molecule has 1 aromatic heterocycles. The van der Waals surface area contributed by atoms with E-state index < -0.39 is 0 Å². The summed E-state index contributed by atoms with van der Waals surface area (Å²) >= 11 is 0. The normalized spacial score (nSPS) is 11.7. The van der Waals surface area contributed by atoms with Crippen LogP contribution in [0.1, 0.15) is 0 Å². The molecule has 12 aromatic rings. The summed E-state index contributed by atoms with van der Waals surface area (Å²) in [5, 5.41) is 12.1. The lowest BCUT2D eigenvalue weighted by Crippen LogP contribution is -2.10. The maximum absolute atomic E-state index is 6.85. The molecule has 0 aliphatic rings. The highest BCUT2D eigenvalue weighted by atomic mass is 16.3. The van der Waals surface area contributed by atoms with Gasteiger partial charge in [0.25, 0.3) is 0 Å². The van der Waals surface area contributed by atoms with E-state index in [-0.39, 0.29) is 0 Å². The fraction of sp³-hybridized carbons (Fsp3) is 0. The molecule has 0 saturated heterocycles. The third-order valence-electron chi connectivity index (χ3n) is 12.2. The number of benzene rings is 11. The Hall–Kier alpha value is -7.94. The second kappa shape index (κ2) is 13.9. The van der Waals surface area contributed by atoms with Crippen LogP contribution < -0.4 is 4.90 Å². The zero-order valence-corrected chi connectivity index (χ0v) is 32.7. The van der Waals surface area contributed by atoms with Gasteiger partial charge in [-0.1, -0.05) is 176 Å². The van der Waals surface area contributed by atoms with Gasteiger partial charge in [-0.15, -0.1) is 0 Å². The minimum absolute atomic E-state index is 0.867. The number of furan rings is 1. The number of para-hydroxylation sites is 1. The highest BCUT2D eigenvalue weighted by Crippen LogP contribution is 2.47. The molecule has 0 fully saturated rings. The first-order chi connectivity index (χ1) is 29.7. The maximum atomic E-state index is 6.85. The van der Waals surface area contributed by atoms with Gasteiger partial charge in [-0.3, -0.25) is 0 Å². The summed E-state index contributed by atoms with van der Waals surface area (Å²) in [4.78, 5) is 2.40. The van der Waals surface area contributed by atoms with E-state index in [1.54, 1.807) is 0 Å². The largest absolute Gasteiger partial charge is 0.455 e. The topological polar surface area (TPSA) is 16.4 Å². The fourth-order valence-electron chi connectivity index (χ4n) is 9.25. The van der Waals surface area contributed by atoms with Crippen LogP contribution in [0.4, 0.5) is 17.1 Å². The molecule has 0 amide bonds. The lowest BCUT2D eigenvalue weighted by molar-refractivity contribution is 0.670. The summed E-state index contributed by atoms with van der Waals surface area (Å²) in [6, 6.07) is 81.2. The SMILES string of the molecule is c1ccc(-c2ccc(-c3ccc(N(c4ccc(-c5ccc6ccc7ccccc7c6c5)cc4)c4ccc5c(ccc6ccccc65)c4)c4c3oc3ccccc34)cc2)cc1. The summed E-state index contributed by atoms with van der Waals surface area (Å²) in [6.07, 6.45) is 0. The van der Waals surface area contributed by atoms with Crippen molar-refractivity contribution in [1.82, 2.24) is 0 Å². The summed E-state index contributed by atoms with van der Waals surface area (Å²) in [7, 11) is 0. The third kappa shape index (κ3) is 5.65. The molecule has 2 nitrogen and oxygen atoms in total. The number of fused-ring (bicyclic) bond motifs is 9. The highest BCUT2D eigenvalue weighted by Gasteiger charge is 2.23. The Bertz CT molecular complexity index is 3580. The Morgan fingerprint density at radius 3 is 1.58 bits per heavy atom. The monoisotopic (exact) mass is 763 g/mol. The lowest BCUT2D eigenvalue weighted by atomic mass is 9.96. The molecule has 0 aliphatic carbocycles. The molecule has 60 heavy (non-hydrogen) atoms. The van der Waals surface area contributed by atoms with Gasteiger partial charge in [0, 0.05) is 22.3 Å². The number of anilines is 3. The van der Waals surface area contributed by atoms with Gasteiger partial charge in [-0.2, -0.15) is 0 Å². The van der Waals surface area contributed by atoms with Crippen LogP contribution in [0.15, 0.2) is 229 Å². The number of hydrogen-bond donors (Lipinski definition) is 0. The summed E-state index contributed by atoms with van der Waals surface area (Å²) in [5.74, 6) is 0. The minimum Gasteiger partial charge on any atom is -0.455 e. The van der Waals surface area contributed by atoms with Gasteiger partial charge < -0.3 is 9.32 Å². The summed E-state index contributed by atoms with van der Waals surface area (Å²) in [5.41, 5.74) is 11.9. The van der Waals surface area contributed by atoms with E-state index in [0.717, 1.165) is 50.1 Å². The Balaban J connectivity index is 1.04. The van der Waals surface area contributed by atoms with Gasteiger partial charge in [0.2, 0.25) is 0 Å². The van der Waals surface area contributed by atoms with E-state index in [9.17, 15) is 0 Å². The molecule has 12 rings (SSSR count). The van der Waals surface area contributed by atoms with E-state index in [0.29, 0.717) is 0 Å². The van der Waals surface area contributed by atoms with E-state index in [4.69, 9.17) is 4.42 Å². The second-order valence-corrected chi connectivity index (χ2v) is 15.7. The van der Waals surface area contributed by atoms with Gasteiger partial charge in [0.1, 0.15) is 11.2 Å². The van der Waals surface area contributed by atoms with Crippen molar-refractivity contribution in [3.05, 3.63) is 224 Å². The van der Waals surface area contributed by atoms with Crippen LogP contribution >= 0.6 is 0 Å². The number of rotatable bonds is 6. The molecule has 1 heterocycles. The van der Waals surface area contributed by atoms with Crippen LogP contribution in [0.3, 0.4) is 0 Å². The fourth-order valence-corrected chi connectivity index (χ4v) is 9.25. The Morgan fingerprint density at radius 1 is 0.300 bits per heavy atom. The molecular formula is C58H37NO. The molecule has 0 unspecified atom stereocenters. The van der Waals surface area contributed by atoms with Crippen molar-refractivity contribution in [3.63, 3.8) is 0 Å². The van der Waals surface area contributed by atoms with Crippen molar-refractivity contribution < 1.29 is 4.42 Å². The van der Waals surface area contributed by atoms with E-state index >= 15 is 0 Å². The van der Waals surface area contributed by atoms with E-state index in [1.165, 1.54) is 65.3 Å². The van der Waals surface area contributed by atoms with Crippen LogP contribution in [-0.4, -0.2) is 0 Å². The average Bonchev–Trinajstić information content (AvgIpc) is 3.72. The van der Waals surface area contributed by atoms with Crippen LogP contribution in [0.25, 0.3) is 98.4 Å². The first kappa shape index (κ1) is 34.1. The number of hydrogen-bond acceptors (Lipinski definition) is 2. The van der Waals surface area contributed by atoms with Gasteiger partial charge in [-0.25, -0.2) is 0 Å². The van der Waals surface area contributed by atoms with E-state index in [2.05, 4.69) is 229 Å². The van der Waals surface area contributed by atoms with Crippen LogP contribution in [0.5, 0.6) is 0 Å². The maximum Gasteiger partial charge on any atom is 0.145 e. The van der Waals surface area contributed by atoms with Gasteiger partial charge in [-0.05, 0) is 119 Å². The van der Waals surface area contributed by atoms with Crippen molar-refractivity contribution in [2.45, 2.75) is 0 Å². The summed E-state index contributed by atoms with van der Waals surface area (Å²) < 4.78 is 6.85. The predicted molar refractivity (Wildman–Crippen MR) is 255 cm³/mol. The molecule has 280 valence electrons. The summed E-state index contributed by atoms with van der Waals surface area (Å²) in [6.45, 7) is 0. The zero-order valence-electron chi connectivity index (χ0n) is 32.7. The van der Waals surface area contributed by atoms with Crippen LogP contribution in [0.2, 0.25) is 0 Å². The van der Waals surface area contributed by atoms with Crippen molar-refractivity contribution >= 4 is 82.1 Å². The Morgan fingerprint density at radius 2 is 0.817 bits per heavy atom. The third-order valence-corrected chi connectivity index (χ3v) is 12.2.